The van der Waals surface area contributed by atoms with Gasteiger partial charge in [-0.05, 0) is 32.6 Å². The maximum absolute atomic E-state index is 12.5. The van der Waals surface area contributed by atoms with E-state index >= 15 is 0 Å². The Morgan fingerprint density at radius 3 is 2.88 bits per heavy atom. The monoisotopic (exact) mass is 331 g/mol. The number of nitrogens with one attached hydrogen (secondary N) is 2. The number of hydrogen-bond donors (Lipinski definition) is 2. The zero-order valence-corrected chi connectivity index (χ0v) is 13.9. The molecule has 24 heavy (non-hydrogen) atoms. The summed E-state index contributed by atoms with van der Waals surface area (Å²) in [6.45, 7) is 5.01. The van der Waals surface area contributed by atoms with E-state index in [-0.39, 0.29) is 17.6 Å². The van der Waals surface area contributed by atoms with Crippen LogP contribution < -0.4 is 10.6 Å². The van der Waals surface area contributed by atoms with Crippen molar-refractivity contribution in [1.82, 2.24) is 20.0 Å². The van der Waals surface area contributed by atoms with Crippen LogP contribution in [0.25, 0.3) is 0 Å². The smallest absolute Gasteiger partial charge is 0.292 e. The zero-order valence-electron chi connectivity index (χ0n) is 13.9. The fraction of sp³-hybridized carbons (Fsp3) is 0.500. The van der Waals surface area contributed by atoms with Crippen LogP contribution in [-0.4, -0.2) is 33.1 Å². The van der Waals surface area contributed by atoms with Crippen molar-refractivity contribution in [3.8, 4) is 0 Å². The second-order valence-corrected chi connectivity index (χ2v) is 5.87. The molecule has 0 spiro atoms. The van der Waals surface area contributed by atoms with E-state index in [1.165, 1.54) is 0 Å². The normalized spacial score (nSPS) is 13.4. The lowest BCUT2D eigenvalue weighted by Gasteiger charge is -2.16. The van der Waals surface area contributed by atoms with Crippen LogP contribution >= 0.6 is 0 Å². The first-order chi connectivity index (χ1) is 11.6. The minimum atomic E-state index is -0.388. The highest BCUT2D eigenvalue weighted by Gasteiger charge is 2.27. The van der Waals surface area contributed by atoms with Crippen molar-refractivity contribution in [2.75, 3.05) is 11.9 Å². The van der Waals surface area contributed by atoms with Crippen molar-refractivity contribution in [1.29, 1.82) is 0 Å². The quantitative estimate of drug-likeness (QED) is 0.871. The third-order valence-electron chi connectivity index (χ3n) is 3.94. The number of aryl methyl sites for hydroxylation is 1. The Labute approximate surface area is 139 Å². The highest BCUT2D eigenvalue weighted by atomic mass is 16.5. The van der Waals surface area contributed by atoms with Crippen molar-refractivity contribution in [2.24, 2.45) is 0 Å². The van der Waals surface area contributed by atoms with Gasteiger partial charge in [-0.15, -0.1) is 0 Å². The molecular weight excluding hydrogens is 310 g/mol. The summed E-state index contributed by atoms with van der Waals surface area (Å²) >= 11 is 0. The van der Waals surface area contributed by atoms with E-state index in [1.807, 2.05) is 11.5 Å². The van der Waals surface area contributed by atoms with Crippen LogP contribution in [0.15, 0.2) is 10.6 Å². The van der Waals surface area contributed by atoms with E-state index in [0.717, 1.165) is 31.4 Å². The molecule has 0 atom stereocenters. The summed E-state index contributed by atoms with van der Waals surface area (Å²) < 4.78 is 6.79. The second-order valence-electron chi connectivity index (χ2n) is 5.87. The molecule has 3 rings (SSSR count). The maximum atomic E-state index is 12.5. The molecule has 3 heterocycles. The molecule has 2 amide bonds. The minimum absolute atomic E-state index is 0.223. The lowest BCUT2D eigenvalue weighted by molar-refractivity contribution is 0.0947. The summed E-state index contributed by atoms with van der Waals surface area (Å²) in [5, 5.41) is 9.25. The summed E-state index contributed by atoms with van der Waals surface area (Å²) in [6, 6.07) is 1.63. The fourth-order valence-electron chi connectivity index (χ4n) is 2.82. The highest BCUT2D eigenvalue weighted by molar-refractivity contribution is 6.03. The minimum Gasteiger partial charge on any atom is -0.360 e. The summed E-state index contributed by atoms with van der Waals surface area (Å²) in [6.07, 6.45) is 3.55. The van der Waals surface area contributed by atoms with Gasteiger partial charge in [0.1, 0.15) is 11.5 Å². The number of amides is 2. The van der Waals surface area contributed by atoms with Gasteiger partial charge < -0.3 is 19.7 Å². The molecular formula is C16H21N5O3. The van der Waals surface area contributed by atoms with Crippen LogP contribution in [0.5, 0.6) is 0 Å². The van der Waals surface area contributed by atoms with E-state index in [9.17, 15) is 9.59 Å². The summed E-state index contributed by atoms with van der Waals surface area (Å²) in [7, 11) is 0. The maximum Gasteiger partial charge on any atom is 0.292 e. The first kappa shape index (κ1) is 16.2. The third-order valence-corrected chi connectivity index (χ3v) is 3.94. The Bertz CT molecular complexity index is 762. The van der Waals surface area contributed by atoms with Crippen LogP contribution in [0.4, 0.5) is 5.82 Å². The molecule has 0 saturated heterocycles. The number of carbonyl (C=O) groups excluding carboxylic acids is 2. The average molecular weight is 331 g/mol. The van der Waals surface area contributed by atoms with E-state index < -0.39 is 0 Å². The van der Waals surface area contributed by atoms with Crippen molar-refractivity contribution in [3.05, 3.63) is 29.0 Å². The summed E-state index contributed by atoms with van der Waals surface area (Å²) in [4.78, 5) is 29.2. The number of imidazole rings is 1. The molecule has 2 N–H and O–H groups in total. The SMILES string of the molecule is CCCNC(=O)c1nc(C(=O)Nc2cc(C)on2)n2c1CCCC2. The van der Waals surface area contributed by atoms with Crippen LogP contribution in [0, 0.1) is 6.92 Å². The predicted molar refractivity (Wildman–Crippen MR) is 87.0 cm³/mol. The predicted octanol–water partition coefficient (Wildman–Crippen LogP) is 1.91. The topological polar surface area (TPSA) is 102 Å². The van der Waals surface area contributed by atoms with Crippen molar-refractivity contribution >= 4 is 17.6 Å². The second kappa shape index (κ2) is 6.86. The fourth-order valence-corrected chi connectivity index (χ4v) is 2.82. The van der Waals surface area contributed by atoms with E-state index in [0.29, 0.717) is 30.4 Å². The Kier molecular flexibility index (Phi) is 4.64. The van der Waals surface area contributed by atoms with Gasteiger partial charge in [0.25, 0.3) is 11.8 Å². The first-order valence-electron chi connectivity index (χ1n) is 8.22. The van der Waals surface area contributed by atoms with E-state index in [4.69, 9.17) is 4.52 Å². The summed E-state index contributed by atoms with van der Waals surface area (Å²) in [5.74, 6) is 0.574. The summed E-state index contributed by atoms with van der Waals surface area (Å²) in [5.41, 5.74) is 1.18. The largest absolute Gasteiger partial charge is 0.360 e. The van der Waals surface area contributed by atoms with Crippen molar-refractivity contribution in [3.63, 3.8) is 0 Å². The Hall–Kier alpha value is -2.64. The molecule has 0 aliphatic carbocycles. The lowest BCUT2D eigenvalue weighted by atomic mass is 10.1. The van der Waals surface area contributed by atoms with Crippen molar-refractivity contribution in [2.45, 2.75) is 46.1 Å². The molecule has 0 unspecified atom stereocenters. The molecule has 2 aromatic rings. The number of fused-ring (bicyclic) bond motifs is 1. The Morgan fingerprint density at radius 2 is 2.17 bits per heavy atom. The van der Waals surface area contributed by atoms with Gasteiger partial charge in [0.15, 0.2) is 11.6 Å². The van der Waals surface area contributed by atoms with E-state index in [1.54, 1.807) is 13.0 Å². The van der Waals surface area contributed by atoms with Gasteiger partial charge in [0.2, 0.25) is 0 Å². The molecule has 2 aromatic heterocycles. The Morgan fingerprint density at radius 1 is 1.33 bits per heavy atom. The molecule has 0 saturated carbocycles. The van der Waals surface area contributed by atoms with E-state index in [2.05, 4.69) is 20.8 Å². The van der Waals surface area contributed by atoms with Crippen LogP contribution in [0.2, 0.25) is 0 Å². The standard InChI is InChI=1S/C16H21N5O3/c1-3-7-17-15(22)13-11-6-4-5-8-21(11)14(19-13)16(23)18-12-9-10(2)24-20-12/h9H,3-8H2,1-2H3,(H,17,22)(H,18,20,23). The van der Waals surface area contributed by atoms with Crippen LogP contribution in [0.1, 0.15) is 58.7 Å². The number of aromatic nitrogens is 3. The average Bonchev–Trinajstić information content (AvgIpc) is 3.16. The van der Waals surface area contributed by atoms with Gasteiger partial charge in [0.05, 0.1) is 5.69 Å². The van der Waals surface area contributed by atoms with Crippen LogP contribution in [-0.2, 0) is 13.0 Å². The van der Waals surface area contributed by atoms with Gasteiger partial charge in [-0.3, -0.25) is 9.59 Å². The number of rotatable bonds is 5. The molecule has 1 aliphatic rings. The Balaban J connectivity index is 1.88. The molecule has 0 fully saturated rings. The van der Waals surface area contributed by atoms with Gasteiger partial charge in [-0.1, -0.05) is 12.1 Å². The molecule has 0 radical (unpaired) electrons. The van der Waals surface area contributed by atoms with Crippen molar-refractivity contribution < 1.29 is 14.1 Å². The molecule has 8 heteroatoms. The zero-order chi connectivity index (χ0) is 17.1. The molecule has 0 aromatic carbocycles. The molecule has 0 bridgehead atoms. The number of hydrogen-bond acceptors (Lipinski definition) is 5. The first-order valence-corrected chi connectivity index (χ1v) is 8.22. The van der Waals surface area contributed by atoms with Crippen LogP contribution in [0.3, 0.4) is 0 Å². The highest BCUT2D eigenvalue weighted by Crippen LogP contribution is 2.22. The lowest BCUT2D eigenvalue weighted by Crippen LogP contribution is -2.26. The molecule has 8 nitrogen and oxygen atoms in total. The number of anilines is 1. The van der Waals surface area contributed by atoms with Gasteiger partial charge >= 0.3 is 0 Å². The van der Waals surface area contributed by atoms with Gasteiger partial charge in [-0.25, -0.2) is 4.98 Å². The number of carbonyl (C=O) groups is 2. The van der Waals surface area contributed by atoms with Gasteiger partial charge in [0, 0.05) is 19.2 Å². The van der Waals surface area contributed by atoms with Gasteiger partial charge in [-0.2, -0.15) is 0 Å². The molecule has 128 valence electrons. The number of nitrogens with zero attached hydrogens (tertiary/aromatic N) is 3. The third kappa shape index (κ3) is 3.17. The molecule has 1 aliphatic heterocycles.